The Kier molecular flexibility index (Phi) is 3.96. The van der Waals surface area contributed by atoms with Gasteiger partial charge < -0.3 is 5.32 Å². The molecule has 130 valence electrons. The third-order valence-corrected chi connectivity index (χ3v) is 4.22. The van der Waals surface area contributed by atoms with Crippen LogP contribution in [0.5, 0.6) is 0 Å². The van der Waals surface area contributed by atoms with Gasteiger partial charge in [-0.05, 0) is 23.3 Å². The maximum absolute atomic E-state index is 13.3. The van der Waals surface area contributed by atoms with Gasteiger partial charge in [-0.15, -0.1) is 0 Å². The Bertz CT molecular complexity index is 1100. The molecular formula is C19H16FN5O. The minimum atomic E-state index is -0.302. The summed E-state index contributed by atoms with van der Waals surface area (Å²) in [6.45, 7) is 0. The summed E-state index contributed by atoms with van der Waals surface area (Å²) < 4.78 is 14.9. The summed E-state index contributed by atoms with van der Waals surface area (Å²) in [5.41, 5.74) is 2.04. The molecule has 26 heavy (non-hydrogen) atoms. The zero-order valence-corrected chi connectivity index (χ0v) is 14.0. The van der Waals surface area contributed by atoms with Crippen molar-refractivity contribution in [1.82, 2.24) is 19.7 Å². The fourth-order valence-electron chi connectivity index (χ4n) is 2.90. The van der Waals surface area contributed by atoms with Gasteiger partial charge in [0, 0.05) is 7.05 Å². The number of H-pyrrole nitrogens is 1. The Morgan fingerprint density at radius 2 is 1.77 bits per heavy atom. The second kappa shape index (κ2) is 6.44. The lowest BCUT2D eigenvalue weighted by Crippen LogP contribution is -2.18. The molecule has 0 spiro atoms. The van der Waals surface area contributed by atoms with Gasteiger partial charge in [0.15, 0.2) is 5.65 Å². The van der Waals surface area contributed by atoms with E-state index in [1.807, 2.05) is 30.3 Å². The molecule has 4 rings (SSSR count). The Morgan fingerprint density at radius 3 is 2.50 bits per heavy atom. The highest BCUT2D eigenvalue weighted by atomic mass is 19.1. The molecule has 0 aliphatic heterocycles. The van der Waals surface area contributed by atoms with Crippen molar-refractivity contribution >= 4 is 17.0 Å². The standard InChI is InChI=1S/C19H16FN5O/c1-25-17-15(11-21-25)18(26)24-19(23-17)22-16(12-5-3-2-4-6-12)13-7-9-14(20)10-8-13/h2-11,16H,1H3,(H2,22,23,24,26)/t16-/m0/s1. The zero-order chi connectivity index (χ0) is 18.1. The van der Waals surface area contributed by atoms with Gasteiger partial charge >= 0.3 is 0 Å². The smallest absolute Gasteiger partial charge is 0.263 e. The average molecular weight is 349 g/mol. The maximum Gasteiger partial charge on any atom is 0.263 e. The lowest BCUT2D eigenvalue weighted by molar-refractivity contribution is 0.626. The van der Waals surface area contributed by atoms with Crippen molar-refractivity contribution in [3.63, 3.8) is 0 Å². The van der Waals surface area contributed by atoms with Crippen LogP contribution in [0.25, 0.3) is 11.0 Å². The Morgan fingerprint density at radius 1 is 1.08 bits per heavy atom. The Hall–Kier alpha value is -3.48. The Labute approximate surface area is 148 Å². The maximum atomic E-state index is 13.3. The van der Waals surface area contributed by atoms with E-state index in [9.17, 15) is 9.18 Å². The summed E-state index contributed by atoms with van der Waals surface area (Å²) in [7, 11) is 1.73. The molecule has 2 aromatic heterocycles. The fraction of sp³-hybridized carbons (Fsp3) is 0.105. The van der Waals surface area contributed by atoms with E-state index in [2.05, 4.69) is 20.4 Å². The van der Waals surface area contributed by atoms with Crippen LogP contribution in [0.4, 0.5) is 10.3 Å². The molecule has 2 aromatic carbocycles. The number of fused-ring (bicyclic) bond motifs is 1. The van der Waals surface area contributed by atoms with Crippen molar-refractivity contribution in [3.05, 3.63) is 88.1 Å². The number of aromatic nitrogens is 4. The second-order valence-electron chi connectivity index (χ2n) is 5.96. The molecular weight excluding hydrogens is 333 g/mol. The average Bonchev–Trinajstić information content (AvgIpc) is 3.03. The predicted octanol–water partition coefficient (Wildman–Crippen LogP) is 3.00. The highest BCUT2D eigenvalue weighted by molar-refractivity contribution is 5.74. The molecule has 0 bridgehead atoms. The van der Waals surface area contributed by atoms with E-state index in [1.165, 1.54) is 18.3 Å². The summed E-state index contributed by atoms with van der Waals surface area (Å²) >= 11 is 0. The van der Waals surface area contributed by atoms with Crippen LogP contribution in [-0.4, -0.2) is 19.7 Å². The van der Waals surface area contributed by atoms with Crippen LogP contribution in [0.3, 0.4) is 0 Å². The number of nitrogens with zero attached hydrogens (tertiary/aromatic N) is 3. The van der Waals surface area contributed by atoms with Crippen LogP contribution in [0.2, 0.25) is 0 Å². The van der Waals surface area contributed by atoms with Gasteiger partial charge in [-0.3, -0.25) is 14.5 Å². The van der Waals surface area contributed by atoms with Crippen molar-refractivity contribution in [2.24, 2.45) is 7.05 Å². The number of hydrogen-bond donors (Lipinski definition) is 2. The number of aryl methyl sites for hydroxylation is 1. The van der Waals surface area contributed by atoms with Gasteiger partial charge in [0.1, 0.15) is 11.2 Å². The van der Waals surface area contributed by atoms with E-state index < -0.39 is 0 Å². The molecule has 0 saturated heterocycles. The molecule has 1 atom stereocenters. The summed E-state index contributed by atoms with van der Waals surface area (Å²) in [4.78, 5) is 19.5. The van der Waals surface area contributed by atoms with Crippen LogP contribution in [0, 0.1) is 5.82 Å². The van der Waals surface area contributed by atoms with Crippen molar-refractivity contribution in [1.29, 1.82) is 0 Å². The van der Waals surface area contributed by atoms with Crippen molar-refractivity contribution < 1.29 is 4.39 Å². The Balaban J connectivity index is 1.79. The molecule has 7 heteroatoms. The first-order valence-electron chi connectivity index (χ1n) is 8.11. The lowest BCUT2D eigenvalue weighted by atomic mass is 9.99. The molecule has 0 saturated carbocycles. The van der Waals surface area contributed by atoms with Gasteiger partial charge in [-0.2, -0.15) is 10.1 Å². The van der Waals surface area contributed by atoms with Crippen LogP contribution >= 0.6 is 0 Å². The molecule has 2 heterocycles. The molecule has 0 unspecified atom stereocenters. The van der Waals surface area contributed by atoms with Crippen molar-refractivity contribution in [2.45, 2.75) is 6.04 Å². The largest absolute Gasteiger partial charge is 0.345 e. The molecule has 4 aromatic rings. The highest BCUT2D eigenvalue weighted by Crippen LogP contribution is 2.25. The predicted molar refractivity (Wildman–Crippen MR) is 97.4 cm³/mol. The molecule has 0 amide bonds. The summed E-state index contributed by atoms with van der Waals surface area (Å²) in [6, 6.07) is 15.6. The number of nitrogens with one attached hydrogen (secondary N) is 2. The third-order valence-electron chi connectivity index (χ3n) is 4.22. The molecule has 0 radical (unpaired) electrons. The summed E-state index contributed by atoms with van der Waals surface area (Å²) in [5.74, 6) is 0.0210. The van der Waals surface area contributed by atoms with Gasteiger partial charge in [0.25, 0.3) is 5.56 Å². The first kappa shape index (κ1) is 16.0. The van der Waals surface area contributed by atoms with Crippen LogP contribution in [0.1, 0.15) is 17.2 Å². The van der Waals surface area contributed by atoms with E-state index in [0.717, 1.165) is 11.1 Å². The first-order chi connectivity index (χ1) is 12.6. The molecule has 6 nitrogen and oxygen atoms in total. The van der Waals surface area contributed by atoms with E-state index >= 15 is 0 Å². The van der Waals surface area contributed by atoms with Crippen LogP contribution < -0.4 is 10.9 Å². The highest BCUT2D eigenvalue weighted by Gasteiger charge is 2.16. The number of hydrogen-bond acceptors (Lipinski definition) is 4. The van der Waals surface area contributed by atoms with Crippen LogP contribution in [-0.2, 0) is 7.05 Å². The summed E-state index contributed by atoms with van der Waals surface area (Å²) in [6.07, 6.45) is 1.49. The molecule has 0 aliphatic rings. The zero-order valence-electron chi connectivity index (χ0n) is 14.0. The number of anilines is 1. The molecule has 2 N–H and O–H groups in total. The summed E-state index contributed by atoms with van der Waals surface area (Å²) in [5, 5.41) is 7.75. The SMILES string of the molecule is Cn1ncc2c(=O)[nH]c(N[C@@H](c3ccccc3)c3ccc(F)cc3)nc21. The number of benzene rings is 2. The molecule has 0 fully saturated rings. The van der Waals surface area contributed by atoms with E-state index in [1.54, 1.807) is 23.9 Å². The monoisotopic (exact) mass is 349 g/mol. The minimum Gasteiger partial charge on any atom is -0.345 e. The van der Waals surface area contributed by atoms with Gasteiger partial charge in [0.2, 0.25) is 5.95 Å². The number of rotatable bonds is 4. The van der Waals surface area contributed by atoms with Gasteiger partial charge in [-0.25, -0.2) is 4.39 Å². The minimum absolute atomic E-state index is 0.267. The van der Waals surface area contributed by atoms with Gasteiger partial charge in [-0.1, -0.05) is 42.5 Å². The van der Waals surface area contributed by atoms with Crippen LogP contribution in [0.15, 0.2) is 65.6 Å². The lowest BCUT2D eigenvalue weighted by Gasteiger charge is -2.20. The second-order valence-corrected chi connectivity index (χ2v) is 5.96. The van der Waals surface area contributed by atoms with Crippen molar-refractivity contribution in [2.75, 3.05) is 5.32 Å². The van der Waals surface area contributed by atoms with Gasteiger partial charge in [0.05, 0.1) is 12.2 Å². The van der Waals surface area contributed by atoms with Crippen molar-refractivity contribution in [3.8, 4) is 0 Å². The normalized spacial score (nSPS) is 12.2. The molecule has 0 aliphatic carbocycles. The fourth-order valence-corrected chi connectivity index (χ4v) is 2.90. The number of halogens is 1. The first-order valence-corrected chi connectivity index (χ1v) is 8.11. The quantitative estimate of drug-likeness (QED) is 0.594. The van der Waals surface area contributed by atoms with E-state index in [-0.39, 0.29) is 17.4 Å². The third kappa shape index (κ3) is 2.95. The number of aromatic amines is 1. The van der Waals surface area contributed by atoms with E-state index in [4.69, 9.17) is 0 Å². The topological polar surface area (TPSA) is 75.6 Å². The van der Waals surface area contributed by atoms with E-state index in [0.29, 0.717) is 17.0 Å².